The number of anilines is 2. The van der Waals surface area contributed by atoms with E-state index in [-0.39, 0.29) is 5.56 Å². The molecule has 178 valence electrons. The fourth-order valence-corrected chi connectivity index (χ4v) is 3.73. The van der Waals surface area contributed by atoms with E-state index >= 15 is 0 Å². The van der Waals surface area contributed by atoms with Gasteiger partial charge < -0.3 is 10.1 Å². The number of hydrogen-bond donors (Lipinski definition) is 1. The molecule has 3 heterocycles. The summed E-state index contributed by atoms with van der Waals surface area (Å²) < 4.78 is 34.6. The predicted molar refractivity (Wildman–Crippen MR) is 126 cm³/mol. The van der Waals surface area contributed by atoms with Crippen molar-refractivity contribution in [3.63, 3.8) is 0 Å². The van der Waals surface area contributed by atoms with Crippen LogP contribution in [0.2, 0.25) is 5.02 Å². The Morgan fingerprint density at radius 2 is 1.82 bits per heavy atom. The highest BCUT2D eigenvalue weighted by Gasteiger charge is 2.18. The van der Waals surface area contributed by atoms with E-state index < -0.39 is 6.43 Å². The summed E-state index contributed by atoms with van der Waals surface area (Å²) >= 11 is 6.29. The zero-order valence-corrected chi connectivity index (χ0v) is 19.9. The number of aromatic nitrogens is 6. The van der Waals surface area contributed by atoms with Crippen LogP contribution in [0, 0.1) is 20.8 Å². The van der Waals surface area contributed by atoms with E-state index in [0.29, 0.717) is 47.0 Å². The van der Waals surface area contributed by atoms with E-state index in [1.54, 1.807) is 34.7 Å². The summed E-state index contributed by atoms with van der Waals surface area (Å²) in [5.41, 5.74) is 3.72. The van der Waals surface area contributed by atoms with Crippen LogP contribution < -0.4 is 5.32 Å². The monoisotopic (exact) mass is 487 g/mol. The topological polar surface area (TPSA) is 82.7 Å². The number of ether oxygens (including phenoxy) is 1. The van der Waals surface area contributed by atoms with Gasteiger partial charge in [-0.3, -0.25) is 0 Å². The van der Waals surface area contributed by atoms with Gasteiger partial charge in [0, 0.05) is 29.9 Å². The first-order valence-electron chi connectivity index (χ1n) is 10.6. The lowest BCUT2D eigenvalue weighted by Gasteiger charge is -2.11. The molecule has 0 spiro atoms. The van der Waals surface area contributed by atoms with Gasteiger partial charge in [0.25, 0.3) is 6.43 Å². The van der Waals surface area contributed by atoms with Gasteiger partial charge in [-0.15, -0.1) is 0 Å². The Balaban J connectivity index is 1.70. The summed E-state index contributed by atoms with van der Waals surface area (Å²) in [6, 6.07) is 7.89. The van der Waals surface area contributed by atoms with Crippen LogP contribution in [-0.2, 0) is 11.3 Å². The lowest BCUT2D eigenvalue weighted by atomic mass is 10.1. The molecule has 0 aliphatic rings. The zero-order chi connectivity index (χ0) is 24.4. The molecular formula is C23H24ClF2N7O. The first kappa shape index (κ1) is 23.8. The maximum atomic E-state index is 13.0. The Kier molecular flexibility index (Phi) is 6.90. The maximum absolute atomic E-state index is 13.0. The van der Waals surface area contributed by atoms with E-state index in [1.165, 1.54) is 18.5 Å². The van der Waals surface area contributed by atoms with Crippen LogP contribution in [-0.4, -0.2) is 43.2 Å². The van der Waals surface area contributed by atoms with Crippen LogP contribution in [0.1, 0.15) is 28.9 Å². The number of nitrogens with zero attached hydrogens (tertiary/aromatic N) is 6. The van der Waals surface area contributed by atoms with E-state index in [0.717, 1.165) is 16.8 Å². The first-order valence-corrected chi connectivity index (χ1v) is 10.9. The highest BCUT2D eigenvalue weighted by molar-refractivity contribution is 6.31. The average molecular weight is 488 g/mol. The van der Waals surface area contributed by atoms with Crippen molar-refractivity contribution in [2.75, 3.05) is 19.0 Å². The summed E-state index contributed by atoms with van der Waals surface area (Å²) in [5.74, 6) is 1.81. The van der Waals surface area contributed by atoms with Gasteiger partial charge in [0.15, 0.2) is 5.82 Å². The molecule has 0 fully saturated rings. The summed E-state index contributed by atoms with van der Waals surface area (Å²) in [5, 5.41) is 13.1. The maximum Gasteiger partial charge on any atom is 0.263 e. The third kappa shape index (κ3) is 4.64. The number of nitrogens with one attached hydrogen (secondary N) is 1. The second-order valence-electron chi connectivity index (χ2n) is 7.74. The van der Waals surface area contributed by atoms with Crippen molar-refractivity contribution in [1.29, 1.82) is 0 Å². The van der Waals surface area contributed by atoms with Gasteiger partial charge in [0.05, 0.1) is 35.3 Å². The quantitative estimate of drug-likeness (QED) is 0.357. The van der Waals surface area contributed by atoms with Crippen LogP contribution in [0.15, 0.2) is 36.7 Å². The van der Waals surface area contributed by atoms with Crippen molar-refractivity contribution in [3.05, 3.63) is 64.2 Å². The number of halogens is 3. The third-order valence-corrected chi connectivity index (χ3v) is 6.00. The van der Waals surface area contributed by atoms with Crippen molar-refractivity contribution < 1.29 is 13.5 Å². The SMILES string of the molecule is COCCn1nc(-c2ccc(C(F)F)cc2)c(C)c1Nc1cc(-n2nc(C)c(Cl)c2C)ncn1. The number of aryl methyl sites for hydroxylation is 1. The van der Waals surface area contributed by atoms with Gasteiger partial charge in [0.2, 0.25) is 0 Å². The van der Waals surface area contributed by atoms with Gasteiger partial charge in [-0.05, 0) is 20.8 Å². The molecule has 0 aliphatic carbocycles. The van der Waals surface area contributed by atoms with Gasteiger partial charge in [-0.25, -0.2) is 28.1 Å². The van der Waals surface area contributed by atoms with Gasteiger partial charge in [0.1, 0.15) is 18.0 Å². The molecule has 0 saturated heterocycles. The standard InChI is InChI=1S/C23H24ClF2N7O/c1-13-21(16-5-7-17(8-6-16)22(25)26)31-32(9-10-34-4)23(13)29-18-11-19(28-12-27-18)33-15(3)20(24)14(2)30-33/h5-8,11-12,22H,9-10H2,1-4H3,(H,27,28,29). The lowest BCUT2D eigenvalue weighted by molar-refractivity contribution is 0.151. The molecule has 0 atom stereocenters. The third-order valence-electron chi connectivity index (χ3n) is 5.45. The summed E-state index contributed by atoms with van der Waals surface area (Å²) in [4.78, 5) is 8.67. The Morgan fingerprint density at radius 1 is 1.09 bits per heavy atom. The molecule has 0 aliphatic heterocycles. The molecule has 0 saturated carbocycles. The lowest BCUT2D eigenvalue weighted by Crippen LogP contribution is -2.10. The van der Waals surface area contributed by atoms with Crippen LogP contribution >= 0.6 is 11.6 Å². The molecule has 0 amide bonds. The Labute approximate surface area is 200 Å². The number of hydrogen-bond acceptors (Lipinski definition) is 6. The number of rotatable bonds is 8. The van der Waals surface area contributed by atoms with Gasteiger partial charge in [-0.2, -0.15) is 10.2 Å². The number of alkyl halides is 2. The summed E-state index contributed by atoms with van der Waals surface area (Å²) in [6.07, 6.45) is -1.08. The fraction of sp³-hybridized carbons (Fsp3) is 0.304. The molecule has 0 radical (unpaired) electrons. The highest BCUT2D eigenvalue weighted by atomic mass is 35.5. The minimum absolute atomic E-state index is 0.0312. The summed E-state index contributed by atoms with van der Waals surface area (Å²) in [7, 11) is 1.61. The van der Waals surface area contributed by atoms with Gasteiger partial charge in [-0.1, -0.05) is 35.9 Å². The zero-order valence-electron chi connectivity index (χ0n) is 19.2. The predicted octanol–water partition coefficient (Wildman–Crippen LogP) is 5.43. The average Bonchev–Trinajstić information content (AvgIpc) is 3.28. The molecule has 34 heavy (non-hydrogen) atoms. The Bertz CT molecular complexity index is 1300. The molecule has 1 N–H and O–H groups in total. The molecule has 4 rings (SSSR count). The van der Waals surface area contributed by atoms with E-state index in [9.17, 15) is 8.78 Å². The molecule has 4 aromatic rings. The van der Waals surface area contributed by atoms with Crippen molar-refractivity contribution >= 4 is 23.2 Å². The smallest absolute Gasteiger partial charge is 0.263 e. The highest BCUT2D eigenvalue weighted by Crippen LogP contribution is 2.31. The van der Waals surface area contributed by atoms with Crippen molar-refractivity contribution in [2.24, 2.45) is 0 Å². The summed E-state index contributed by atoms with van der Waals surface area (Å²) in [6.45, 7) is 6.54. The first-order chi connectivity index (χ1) is 16.3. The van der Waals surface area contributed by atoms with Crippen LogP contribution in [0.5, 0.6) is 0 Å². The van der Waals surface area contributed by atoms with Crippen molar-refractivity contribution in [1.82, 2.24) is 29.5 Å². The minimum atomic E-state index is -2.52. The molecule has 0 bridgehead atoms. The molecule has 11 heteroatoms. The fourth-order valence-electron chi connectivity index (χ4n) is 3.61. The largest absolute Gasteiger partial charge is 0.383 e. The Morgan fingerprint density at radius 3 is 2.44 bits per heavy atom. The van der Waals surface area contributed by atoms with E-state index in [2.05, 4.69) is 20.4 Å². The molecule has 0 unspecified atom stereocenters. The van der Waals surface area contributed by atoms with Crippen LogP contribution in [0.4, 0.5) is 20.4 Å². The van der Waals surface area contributed by atoms with Crippen LogP contribution in [0.25, 0.3) is 17.1 Å². The second kappa shape index (κ2) is 9.86. The molecule has 3 aromatic heterocycles. The Hall–Kier alpha value is -3.37. The normalized spacial score (nSPS) is 11.4. The van der Waals surface area contributed by atoms with Gasteiger partial charge >= 0.3 is 0 Å². The van der Waals surface area contributed by atoms with Crippen molar-refractivity contribution in [3.8, 4) is 17.1 Å². The van der Waals surface area contributed by atoms with E-state index in [1.807, 2.05) is 20.8 Å². The number of benzene rings is 1. The second-order valence-corrected chi connectivity index (χ2v) is 8.12. The van der Waals surface area contributed by atoms with Crippen LogP contribution in [0.3, 0.4) is 0 Å². The van der Waals surface area contributed by atoms with E-state index in [4.69, 9.17) is 21.4 Å². The molecular weight excluding hydrogens is 464 g/mol. The molecule has 1 aromatic carbocycles. The molecule has 8 nitrogen and oxygen atoms in total. The van der Waals surface area contributed by atoms with Crippen molar-refractivity contribution in [2.45, 2.75) is 33.7 Å². The number of methoxy groups -OCH3 is 1. The minimum Gasteiger partial charge on any atom is -0.383 e.